The molecule has 94 valence electrons. The lowest BCUT2D eigenvalue weighted by atomic mass is 9.99. The Balaban J connectivity index is 2.36. The Morgan fingerprint density at radius 3 is 2.69 bits per heavy atom. The molecule has 0 bridgehead atoms. The highest BCUT2D eigenvalue weighted by atomic mass is 32.2. The van der Waals surface area contributed by atoms with Gasteiger partial charge in [0, 0.05) is 12.3 Å². The summed E-state index contributed by atoms with van der Waals surface area (Å²) in [5, 5.41) is 0. The van der Waals surface area contributed by atoms with Crippen LogP contribution in [0.3, 0.4) is 0 Å². The van der Waals surface area contributed by atoms with Crippen LogP contribution in [-0.4, -0.2) is 41.1 Å². The Morgan fingerprint density at radius 2 is 2.12 bits per heavy atom. The van der Waals surface area contributed by atoms with Crippen molar-refractivity contribution in [2.24, 2.45) is 0 Å². The molecule has 0 aromatic heterocycles. The van der Waals surface area contributed by atoms with Crippen LogP contribution in [-0.2, 0) is 4.79 Å². The van der Waals surface area contributed by atoms with Crippen LogP contribution >= 0.6 is 11.8 Å². The minimum absolute atomic E-state index is 0.00722. The van der Waals surface area contributed by atoms with Crippen molar-refractivity contribution < 1.29 is 18.0 Å². The van der Waals surface area contributed by atoms with Crippen molar-refractivity contribution in [1.82, 2.24) is 4.90 Å². The summed E-state index contributed by atoms with van der Waals surface area (Å²) >= 11 is -0.0120. The van der Waals surface area contributed by atoms with Gasteiger partial charge in [-0.1, -0.05) is 6.42 Å². The van der Waals surface area contributed by atoms with Crippen LogP contribution in [0.15, 0.2) is 0 Å². The van der Waals surface area contributed by atoms with Crippen LogP contribution in [0, 0.1) is 0 Å². The maximum Gasteiger partial charge on any atom is 0.441 e. The molecule has 0 N–H and O–H groups in total. The summed E-state index contributed by atoms with van der Waals surface area (Å²) in [4.78, 5) is 13.2. The molecule has 0 aromatic rings. The van der Waals surface area contributed by atoms with E-state index in [2.05, 4.69) is 0 Å². The van der Waals surface area contributed by atoms with Gasteiger partial charge >= 0.3 is 5.51 Å². The molecule has 0 radical (unpaired) electrons. The number of hydrogen-bond acceptors (Lipinski definition) is 3. The molecule has 1 rings (SSSR count). The zero-order valence-electron chi connectivity index (χ0n) is 9.22. The van der Waals surface area contributed by atoms with Crippen molar-refractivity contribution in [2.45, 2.75) is 37.7 Å². The molecule has 1 aliphatic heterocycles. The fourth-order valence-electron chi connectivity index (χ4n) is 2.00. The molecule has 1 unspecified atom stereocenters. The highest BCUT2D eigenvalue weighted by molar-refractivity contribution is 8.00. The number of Topliss-reactive ketones (excluding diaryl/α,β-unsaturated/α-hetero) is 1. The van der Waals surface area contributed by atoms with E-state index in [0.29, 0.717) is 6.54 Å². The fraction of sp³-hybridized carbons (Fsp3) is 0.900. The number of halogens is 3. The van der Waals surface area contributed by atoms with E-state index in [1.807, 2.05) is 4.90 Å². The Bertz CT molecular complexity index is 245. The number of thioether (sulfide) groups is 1. The van der Waals surface area contributed by atoms with E-state index in [1.54, 1.807) is 0 Å². The summed E-state index contributed by atoms with van der Waals surface area (Å²) < 4.78 is 35.8. The van der Waals surface area contributed by atoms with E-state index in [9.17, 15) is 18.0 Å². The van der Waals surface area contributed by atoms with E-state index in [0.717, 1.165) is 25.8 Å². The van der Waals surface area contributed by atoms with E-state index in [4.69, 9.17) is 0 Å². The minimum atomic E-state index is -4.17. The Labute approximate surface area is 97.6 Å². The third-order valence-corrected chi connectivity index (χ3v) is 3.44. The summed E-state index contributed by atoms with van der Waals surface area (Å²) in [7, 11) is 0. The molecule has 2 nitrogen and oxygen atoms in total. The first-order valence-corrected chi connectivity index (χ1v) is 6.34. The molecule has 0 saturated carbocycles. The average molecular weight is 255 g/mol. The number of ketones is 1. The normalized spacial score (nSPS) is 23.4. The van der Waals surface area contributed by atoms with Gasteiger partial charge in [-0.2, -0.15) is 13.2 Å². The van der Waals surface area contributed by atoms with Gasteiger partial charge < -0.3 is 0 Å². The van der Waals surface area contributed by atoms with Gasteiger partial charge in [0.1, 0.15) is 5.78 Å². The lowest BCUT2D eigenvalue weighted by Gasteiger charge is -2.33. The summed E-state index contributed by atoms with van der Waals surface area (Å²) in [5.41, 5.74) is -4.17. The molecule has 1 heterocycles. The topological polar surface area (TPSA) is 20.3 Å². The molecule has 0 aliphatic carbocycles. The Morgan fingerprint density at radius 1 is 1.44 bits per heavy atom. The Kier molecular flexibility index (Phi) is 5.11. The molecule has 6 heteroatoms. The lowest BCUT2D eigenvalue weighted by molar-refractivity contribution is -0.123. The van der Waals surface area contributed by atoms with Gasteiger partial charge in [-0.15, -0.1) is 0 Å². The smallest absolute Gasteiger partial charge is 0.298 e. The molecule has 1 aliphatic rings. The van der Waals surface area contributed by atoms with Crippen molar-refractivity contribution >= 4 is 17.5 Å². The molecular weight excluding hydrogens is 239 g/mol. The van der Waals surface area contributed by atoms with E-state index in [-0.39, 0.29) is 29.3 Å². The average Bonchev–Trinajstić information content (AvgIpc) is 2.16. The van der Waals surface area contributed by atoms with Crippen molar-refractivity contribution in [3.8, 4) is 0 Å². The number of likely N-dealkylation sites (tertiary alicyclic amines) is 1. The van der Waals surface area contributed by atoms with Gasteiger partial charge in [0.2, 0.25) is 0 Å². The van der Waals surface area contributed by atoms with Crippen molar-refractivity contribution in [1.29, 1.82) is 0 Å². The highest BCUT2D eigenvalue weighted by Crippen LogP contribution is 2.30. The van der Waals surface area contributed by atoms with E-state index < -0.39 is 5.51 Å². The standard InChI is InChI=1S/C10H16F3NOS/c1-8(15)9-4-2-3-5-14(9)6-7-16-10(11,12)13/h9H,2-7H2,1H3. The number of rotatable bonds is 4. The van der Waals surface area contributed by atoms with Gasteiger partial charge in [-0.3, -0.25) is 9.69 Å². The largest absolute Gasteiger partial charge is 0.441 e. The van der Waals surface area contributed by atoms with Crippen LogP contribution in [0.2, 0.25) is 0 Å². The third-order valence-electron chi connectivity index (χ3n) is 2.73. The molecule has 1 fully saturated rings. The summed E-state index contributed by atoms with van der Waals surface area (Å²) in [6, 6.07) is -0.164. The number of alkyl halides is 3. The zero-order valence-corrected chi connectivity index (χ0v) is 10.0. The number of carbonyl (C=O) groups excluding carboxylic acids is 1. The molecular formula is C10H16F3NOS. The minimum Gasteiger partial charge on any atom is -0.298 e. The van der Waals surface area contributed by atoms with Gasteiger partial charge in [0.15, 0.2) is 0 Å². The van der Waals surface area contributed by atoms with Gasteiger partial charge in [0.25, 0.3) is 0 Å². The SMILES string of the molecule is CC(=O)C1CCCCN1CCSC(F)(F)F. The van der Waals surface area contributed by atoms with Gasteiger partial charge in [-0.05, 0) is 38.1 Å². The molecule has 16 heavy (non-hydrogen) atoms. The molecule has 0 amide bonds. The fourth-order valence-corrected chi connectivity index (χ4v) is 2.55. The van der Waals surface area contributed by atoms with E-state index in [1.165, 1.54) is 6.92 Å². The maximum atomic E-state index is 11.9. The summed E-state index contributed by atoms with van der Waals surface area (Å²) in [5.74, 6) is 0.0736. The monoisotopic (exact) mass is 255 g/mol. The quantitative estimate of drug-likeness (QED) is 0.770. The molecule has 0 spiro atoms. The third kappa shape index (κ3) is 4.74. The second-order valence-electron chi connectivity index (χ2n) is 3.95. The first-order valence-electron chi connectivity index (χ1n) is 5.35. The van der Waals surface area contributed by atoms with Crippen molar-refractivity contribution in [3.05, 3.63) is 0 Å². The van der Waals surface area contributed by atoms with Crippen molar-refractivity contribution in [3.63, 3.8) is 0 Å². The van der Waals surface area contributed by atoms with E-state index >= 15 is 0 Å². The zero-order chi connectivity index (χ0) is 12.2. The van der Waals surface area contributed by atoms with Crippen LogP contribution in [0.4, 0.5) is 13.2 Å². The van der Waals surface area contributed by atoms with Gasteiger partial charge in [0.05, 0.1) is 6.04 Å². The van der Waals surface area contributed by atoms with Crippen LogP contribution in [0.1, 0.15) is 26.2 Å². The molecule has 0 aromatic carbocycles. The number of carbonyl (C=O) groups is 1. The lowest BCUT2D eigenvalue weighted by Crippen LogP contribution is -2.44. The van der Waals surface area contributed by atoms with Gasteiger partial charge in [-0.25, -0.2) is 0 Å². The highest BCUT2D eigenvalue weighted by Gasteiger charge is 2.30. The van der Waals surface area contributed by atoms with Crippen LogP contribution in [0.25, 0.3) is 0 Å². The first-order chi connectivity index (χ1) is 7.40. The summed E-state index contributed by atoms with van der Waals surface area (Å²) in [6.07, 6.45) is 2.75. The molecule has 1 saturated heterocycles. The predicted molar refractivity (Wildman–Crippen MR) is 58.4 cm³/mol. The predicted octanol–water partition coefficient (Wildman–Crippen LogP) is 2.68. The second kappa shape index (κ2) is 5.91. The number of hydrogen-bond donors (Lipinski definition) is 0. The maximum absolute atomic E-state index is 11.9. The van der Waals surface area contributed by atoms with Crippen molar-refractivity contribution in [2.75, 3.05) is 18.8 Å². The number of nitrogens with zero attached hydrogens (tertiary/aromatic N) is 1. The summed E-state index contributed by atoms with van der Waals surface area (Å²) in [6.45, 7) is 2.59. The number of piperidine rings is 1. The van der Waals surface area contributed by atoms with Crippen LogP contribution < -0.4 is 0 Å². The molecule has 1 atom stereocenters. The Hall–Kier alpha value is -0.230. The first kappa shape index (κ1) is 13.8. The second-order valence-corrected chi connectivity index (χ2v) is 5.11. The van der Waals surface area contributed by atoms with Crippen LogP contribution in [0.5, 0.6) is 0 Å².